The maximum absolute atomic E-state index is 13.3. The third kappa shape index (κ3) is 3.68. The van der Waals surface area contributed by atoms with Crippen molar-refractivity contribution < 1.29 is 14.0 Å². The lowest BCUT2D eigenvalue weighted by atomic mass is 10.1. The van der Waals surface area contributed by atoms with Gasteiger partial charge in [-0.3, -0.25) is 14.3 Å². The summed E-state index contributed by atoms with van der Waals surface area (Å²) in [6.07, 6.45) is 3.43. The molecule has 2 N–H and O–H groups in total. The van der Waals surface area contributed by atoms with Crippen molar-refractivity contribution in [3.8, 4) is 11.5 Å². The Hall–Kier alpha value is -3.94. The third-order valence-corrected chi connectivity index (χ3v) is 5.32. The summed E-state index contributed by atoms with van der Waals surface area (Å²) < 4.78 is 7.14. The van der Waals surface area contributed by atoms with Gasteiger partial charge in [-0.1, -0.05) is 6.07 Å². The lowest BCUT2D eigenvalue weighted by molar-refractivity contribution is -0.117. The fourth-order valence-corrected chi connectivity index (χ4v) is 3.64. The number of pyridine rings is 1. The molecule has 156 valence electrons. The number of rotatable bonds is 5. The number of nitrogens with one attached hydrogen (secondary N) is 2. The van der Waals surface area contributed by atoms with E-state index in [0.29, 0.717) is 45.1 Å². The summed E-state index contributed by atoms with van der Waals surface area (Å²) in [4.78, 5) is 29.9. The van der Waals surface area contributed by atoms with Crippen molar-refractivity contribution in [1.82, 2.24) is 14.8 Å². The molecule has 0 unspecified atom stereocenters. The van der Waals surface area contributed by atoms with Crippen LogP contribution in [0.4, 0.5) is 11.4 Å². The summed E-state index contributed by atoms with van der Waals surface area (Å²) in [6.45, 7) is 1.85. The summed E-state index contributed by atoms with van der Waals surface area (Å²) in [5.74, 6) is 0.409. The minimum absolute atomic E-state index is 0.0217. The fraction of sp³-hybridized carbons (Fsp3) is 0.217. The fourth-order valence-electron chi connectivity index (χ4n) is 3.64. The van der Waals surface area contributed by atoms with E-state index in [-0.39, 0.29) is 17.7 Å². The minimum atomic E-state index is -0.290. The summed E-state index contributed by atoms with van der Waals surface area (Å²) in [5.41, 5.74) is 3.56. The number of nitrogens with zero attached hydrogens (tertiary/aromatic N) is 3. The minimum Gasteiger partial charge on any atom is -0.463 e. The number of amides is 2. The van der Waals surface area contributed by atoms with Crippen molar-refractivity contribution >= 4 is 34.2 Å². The van der Waals surface area contributed by atoms with E-state index in [1.165, 1.54) is 0 Å². The number of carbonyl (C=O) groups excluding carboxylic acids is 2. The Morgan fingerprint density at radius 1 is 1.10 bits per heavy atom. The van der Waals surface area contributed by atoms with Crippen LogP contribution in [0.1, 0.15) is 28.9 Å². The first-order valence-electron chi connectivity index (χ1n) is 10.1. The molecule has 1 aliphatic carbocycles. The number of hydrogen-bond acceptors (Lipinski definition) is 5. The highest BCUT2D eigenvalue weighted by atomic mass is 16.3. The van der Waals surface area contributed by atoms with E-state index < -0.39 is 0 Å². The molecule has 1 aromatic carbocycles. The van der Waals surface area contributed by atoms with Crippen molar-refractivity contribution in [3.05, 3.63) is 60.0 Å². The largest absolute Gasteiger partial charge is 0.463 e. The maximum atomic E-state index is 13.3. The Balaban J connectivity index is 1.49. The maximum Gasteiger partial charge on any atom is 0.256 e. The highest BCUT2D eigenvalue weighted by Gasteiger charge is 2.29. The van der Waals surface area contributed by atoms with Gasteiger partial charge in [0.2, 0.25) is 5.91 Å². The molecule has 8 nitrogen and oxygen atoms in total. The van der Waals surface area contributed by atoms with Crippen molar-refractivity contribution in [2.75, 3.05) is 10.6 Å². The van der Waals surface area contributed by atoms with Crippen molar-refractivity contribution in [2.45, 2.75) is 19.8 Å². The second-order valence-corrected chi connectivity index (χ2v) is 7.74. The van der Waals surface area contributed by atoms with Crippen LogP contribution in [0.2, 0.25) is 0 Å². The van der Waals surface area contributed by atoms with Crippen LogP contribution in [-0.2, 0) is 11.8 Å². The normalized spacial score (nSPS) is 13.4. The molecule has 1 saturated carbocycles. The van der Waals surface area contributed by atoms with Gasteiger partial charge in [-0.05, 0) is 56.2 Å². The van der Waals surface area contributed by atoms with Crippen molar-refractivity contribution in [1.29, 1.82) is 0 Å². The van der Waals surface area contributed by atoms with Crippen molar-refractivity contribution in [3.63, 3.8) is 0 Å². The molecule has 0 atom stereocenters. The van der Waals surface area contributed by atoms with Gasteiger partial charge < -0.3 is 15.1 Å². The van der Waals surface area contributed by atoms with Crippen molar-refractivity contribution in [2.24, 2.45) is 13.0 Å². The molecule has 0 saturated heterocycles. The number of anilines is 2. The van der Waals surface area contributed by atoms with Crippen LogP contribution in [0.5, 0.6) is 0 Å². The molecule has 5 rings (SSSR count). The second kappa shape index (κ2) is 7.39. The number of aryl methyl sites for hydroxylation is 2. The highest BCUT2D eigenvalue weighted by Crippen LogP contribution is 2.31. The Morgan fingerprint density at radius 3 is 2.58 bits per heavy atom. The predicted molar refractivity (Wildman–Crippen MR) is 117 cm³/mol. The molecular formula is C23H21N5O3. The van der Waals surface area contributed by atoms with Crippen LogP contribution in [0.25, 0.3) is 22.5 Å². The average Bonchev–Trinajstić information content (AvgIpc) is 3.38. The van der Waals surface area contributed by atoms with Gasteiger partial charge in [0.25, 0.3) is 5.91 Å². The molecular weight excluding hydrogens is 394 g/mol. The predicted octanol–water partition coefficient (Wildman–Crippen LogP) is 4.14. The highest BCUT2D eigenvalue weighted by molar-refractivity contribution is 6.13. The van der Waals surface area contributed by atoms with Crippen LogP contribution < -0.4 is 10.6 Å². The zero-order chi connectivity index (χ0) is 21.5. The molecule has 0 bridgehead atoms. The molecule has 1 aliphatic rings. The number of aromatic nitrogens is 3. The number of benzene rings is 1. The first kappa shape index (κ1) is 19.0. The van der Waals surface area contributed by atoms with E-state index in [4.69, 9.17) is 4.42 Å². The second-order valence-electron chi connectivity index (χ2n) is 7.74. The van der Waals surface area contributed by atoms with Gasteiger partial charge in [0.1, 0.15) is 5.69 Å². The van der Waals surface area contributed by atoms with Gasteiger partial charge in [0.15, 0.2) is 11.4 Å². The zero-order valence-electron chi connectivity index (χ0n) is 17.2. The van der Waals surface area contributed by atoms with Crippen LogP contribution in [-0.4, -0.2) is 26.6 Å². The Labute approximate surface area is 178 Å². The van der Waals surface area contributed by atoms with E-state index in [9.17, 15) is 9.59 Å². The molecule has 8 heteroatoms. The van der Waals surface area contributed by atoms with E-state index >= 15 is 0 Å². The molecule has 2 amide bonds. The van der Waals surface area contributed by atoms with Crippen LogP contribution in [0.3, 0.4) is 0 Å². The third-order valence-electron chi connectivity index (χ3n) is 5.32. The van der Waals surface area contributed by atoms with E-state index in [0.717, 1.165) is 12.8 Å². The molecule has 0 radical (unpaired) electrons. The zero-order valence-corrected chi connectivity index (χ0v) is 17.2. The molecule has 4 aromatic rings. The lowest BCUT2D eigenvalue weighted by Crippen LogP contribution is -2.15. The van der Waals surface area contributed by atoms with E-state index in [1.807, 2.05) is 6.92 Å². The Kier molecular flexibility index (Phi) is 4.54. The first-order valence-corrected chi connectivity index (χ1v) is 10.1. The average molecular weight is 415 g/mol. The Morgan fingerprint density at radius 2 is 1.87 bits per heavy atom. The number of hydrogen-bond donors (Lipinski definition) is 2. The Bertz CT molecular complexity index is 1300. The quantitative estimate of drug-likeness (QED) is 0.510. The molecule has 31 heavy (non-hydrogen) atoms. The summed E-state index contributed by atoms with van der Waals surface area (Å²) in [7, 11) is 1.79. The first-order chi connectivity index (χ1) is 15.0. The molecule has 3 heterocycles. The summed E-state index contributed by atoms with van der Waals surface area (Å²) >= 11 is 0. The summed E-state index contributed by atoms with van der Waals surface area (Å²) in [6, 6.07) is 12.4. The topological polar surface area (TPSA) is 102 Å². The molecule has 0 spiro atoms. The van der Waals surface area contributed by atoms with Crippen LogP contribution in [0.15, 0.2) is 53.1 Å². The van der Waals surface area contributed by atoms with Gasteiger partial charge in [-0.15, -0.1) is 0 Å². The van der Waals surface area contributed by atoms with Gasteiger partial charge in [-0.2, -0.15) is 5.10 Å². The molecule has 0 aliphatic heterocycles. The SMILES string of the molecule is Cc1nn(C)c2nc(-c3ccco3)cc(C(=O)Nc3cccc(NC(=O)C4CC4)c3)c12. The van der Waals surface area contributed by atoms with Gasteiger partial charge in [-0.25, -0.2) is 4.98 Å². The number of carbonyl (C=O) groups is 2. The summed E-state index contributed by atoms with van der Waals surface area (Å²) in [5, 5.41) is 10.9. The number of fused-ring (bicyclic) bond motifs is 1. The van der Waals surface area contributed by atoms with Gasteiger partial charge >= 0.3 is 0 Å². The smallest absolute Gasteiger partial charge is 0.256 e. The van der Waals surface area contributed by atoms with E-state index in [1.54, 1.807) is 60.5 Å². The van der Waals surface area contributed by atoms with Crippen LogP contribution >= 0.6 is 0 Å². The van der Waals surface area contributed by atoms with E-state index in [2.05, 4.69) is 20.7 Å². The standard InChI is InChI=1S/C23H21N5O3/c1-13-20-17(12-18(19-7-4-10-31-19)26-21(20)28(2)27-13)23(30)25-16-6-3-5-15(11-16)24-22(29)14-8-9-14/h3-7,10-12,14H,8-9H2,1-2H3,(H,24,29)(H,25,30). The number of furan rings is 1. The van der Waals surface area contributed by atoms with Gasteiger partial charge in [0, 0.05) is 24.3 Å². The van der Waals surface area contributed by atoms with Gasteiger partial charge in [0.05, 0.1) is 22.9 Å². The lowest BCUT2D eigenvalue weighted by Gasteiger charge is -2.10. The molecule has 1 fully saturated rings. The monoisotopic (exact) mass is 415 g/mol. The molecule has 3 aromatic heterocycles. The van der Waals surface area contributed by atoms with Crippen LogP contribution in [0, 0.1) is 12.8 Å².